The third kappa shape index (κ3) is 3.94. The number of halogens is 5. The molecule has 4 aromatic rings. The minimum Gasteiger partial charge on any atom is -0.423 e. The number of fused-ring (bicyclic) bond motifs is 2. The number of hydrogen-bond acceptors (Lipinski definition) is 10. The Hall–Kier alpha value is -4.31. The van der Waals surface area contributed by atoms with E-state index in [2.05, 4.69) is 40.5 Å². The van der Waals surface area contributed by atoms with E-state index in [-0.39, 0.29) is 57.7 Å². The molecule has 3 N–H and O–H groups in total. The van der Waals surface area contributed by atoms with Crippen LogP contribution in [0.3, 0.4) is 0 Å². The molecule has 1 saturated carbocycles. The van der Waals surface area contributed by atoms with Crippen molar-refractivity contribution in [3.63, 3.8) is 0 Å². The van der Waals surface area contributed by atoms with Crippen LogP contribution in [0.4, 0.5) is 33.6 Å². The van der Waals surface area contributed by atoms with E-state index >= 15 is 0 Å². The Morgan fingerprint density at radius 1 is 1.15 bits per heavy atom. The van der Waals surface area contributed by atoms with Gasteiger partial charge in [-0.15, -0.1) is 10.2 Å². The first-order valence-corrected chi connectivity index (χ1v) is 11.8. The predicted molar refractivity (Wildman–Crippen MR) is 122 cm³/mol. The van der Waals surface area contributed by atoms with Crippen LogP contribution in [-0.4, -0.2) is 57.8 Å². The minimum absolute atomic E-state index is 0.00657. The van der Waals surface area contributed by atoms with Gasteiger partial charge >= 0.3 is 12.1 Å². The van der Waals surface area contributed by atoms with Crippen molar-refractivity contribution in [3.05, 3.63) is 35.1 Å². The third-order valence-corrected chi connectivity index (χ3v) is 6.73. The lowest BCUT2D eigenvalue weighted by atomic mass is 9.84. The first kappa shape index (κ1) is 25.0. The lowest BCUT2D eigenvalue weighted by Gasteiger charge is -2.19. The number of anilines is 2. The fraction of sp³-hybridized carbons (Fsp3) is 0.455. The van der Waals surface area contributed by atoms with Crippen LogP contribution in [0.1, 0.15) is 61.0 Å². The quantitative estimate of drug-likeness (QED) is 0.341. The molecule has 204 valence electrons. The molecule has 1 unspecified atom stereocenters. The van der Waals surface area contributed by atoms with Crippen molar-refractivity contribution in [1.82, 2.24) is 39.7 Å². The number of nitrogens with zero attached hydrogens (tertiary/aromatic N) is 8. The summed E-state index contributed by atoms with van der Waals surface area (Å²) in [5.74, 6) is -4.84. The average molecular weight is 550 g/mol. The van der Waals surface area contributed by atoms with Gasteiger partial charge in [0.05, 0.1) is 17.5 Å². The number of aryl methyl sites for hydroxylation is 2. The Morgan fingerprint density at radius 3 is 2.59 bits per heavy atom. The van der Waals surface area contributed by atoms with Crippen molar-refractivity contribution in [2.45, 2.75) is 63.0 Å². The lowest BCUT2D eigenvalue weighted by Crippen LogP contribution is -2.36. The van der Waals surface area contributed by atoms with Gasteiger partial charge in [0.2, 0.25) is 17.7 Å². The first-order valence-electron chi connectivity index (χ1n) is 11.8. The number of carbonyl (C=O) groups excluding carboxylic acids is 1. The highest BCUT2D eigenvalue weighted by atomic mass is 19.4. The van der Waals surface area contributed by atoms with Crippen LogP contribution in [0.2, 0.25) is 0 Å². The summed E-state index contributed by atoms with van der Waals surface area (Å²) >= 11 is 0. The summed E-state index contributed by atoms with van der Waals surface area (Å²) in [6, 6.07) is 0. The van der Waals surface area contributed by atoms with Gasteiger partial charge in [-0.1, -0.05) is 0 Å². The van der Waals surface area contributed by atoms with E-state index in [1.54, 1.807) is 6.92 Å². The molecular formula is C22H19F5N10O2. The zero-order chi connectivity index (χ0) is 27.9. The number of amides is 1. The third-order valence-electron chi connectivity index (χ3n) is 6.73. The summed E-state index contributed by atoms with van der Waals surface area (Å²) in [5, 5.41) is 14.8. The van der Waals surface area contributed by atoms with Crippen LogP contribution in [-0.2, 0) is 16.6 Å². The van der Waals surface area contributed by atoms with Gasteiger partial charge in [0.1, 0.15) is 23.2 Å². The van der Waals surface area contributed by atoms with Gasteiger partial charge < -0.3 is 15.5 Å². The highest BCUT2D eigenvalue weighted by molar-refractivity contribution is 6.08. The molecule has 39 heavy (non-hydrogen) atoms. The molecule has 1 aliphatic heterocycles. The Morgan fingerprint density at radius 2 is 1.90 bits per heavy atom. The Kier molecular flexibility index (Phi) is 5.19. The molecule has 4 aromatic heterocycles. The molecule has 1 amide bonds. The van der Waals surface area contributed by atoms with E-state index in [0.29, 0.717) is 5.89 Å². The summed E-state index contributed by atoms with van der Waals surface area (Å²) in [6.45, 7) is 3.06. The molecule has 17 heteroatoms. The van der Waals surface area contributed by atoms with Gasteiger partial charge in [-0.3, -0.25) is 4.79 Å². The smallest absolute Gasteiger partial charge is 0.423 e. The summed E-state index contributed by atoms with van der Waals surface area (Å²) in [7, 11) is 0. The molecule has 0 saturated heterocycles. The number of nitrogen functional groups attached to an aromatic ring is 1. The summed E-state index contributed by atoms with van der Waals surface area (Å²) in [5.41, 5.74) is 4.78. The highest BCUT2D eigenvalue weighted by Gasteiger charge is 2.57. The molecule has 0 radical (unpaired) electrons. The summed E-state index contributed by atoms with van der Waals surface area (Å²) in [6.07, 6.45) is -4.88. The van der Waals surface area contributed by atoms with Crippen molar-refractivity contribution in [2.75, 3.05) is 11.1 Å². The number of alkyl halides is 5. The SMILES string of the molecule is Cc1nc2c(CCC(F)(F)C(F)(F)F)nc(-c3nc(N)c4c(n3)NC(=O)C4(C)c3nnc(C4CC4)o3)cn2n1. The second kappa shape index (κ2) is 8.09. The number of hydrogen-bond donors (Lipinski definition) is 2. The van der Waals surface area contributed by atoms with Crippen LogP contribution in [0, 0.1) is 6.92 Å². The van der Waals surface area contributed by atoms with Gasteiger partial charge in [0.25, 0.3) is 0 Å². The lowest BCUT2D eigenvalue weighted by molar-refractivity contribution is -0.284. The molecule has 0 aromatic carbocycles. The Bertz CT molecular complexity index is 1640. The van der Waals surface area contributed by atoms with E-state index in [0.717, 1.165) is 12.8 Å². The zero-order valence-corrected chi connectivity index (χ0v) is 20.3. The van der Waals surface area contributed by atoms with Crippen molar-refractivity contribution < 1.29 is 31.2 Å². The van der Waals surface area contributed by atoms with Crippen molar-refractivity contribution in [2.24, 2.45) is 0 Å². The van der Waals surface area contributed by atoms with Gasteiger partial charge in [0, 0.05) is 12.3 Å². The molecular weight excluding hydrogens is 531 g/mol. The molecule has 2 aliphatic rings. The maximum atomic E-state index is 13.7. The Balaban J connectivity index is 1.40. The molecule has 6 rings (SSSR count). The zero-order valence-electron chi connectivity index (χ0n) is 20.3. The van der Waals surface area contributed by atoms with Crippen LogP contribution in [0.15, 0.2) is 10.6 Å². The van der Waals surface area contributed by atoms with E-state index in [4.69, 9.17) is 10.2 Å². The molecule has 12 nitrogen and oxygen atoms in total. The second-order valence-corrected chi connectivity index (χ2v) is 9.66. The van der Waals surface area contributed by atoms with Gasteiger partial charge in [-0.05, 0) is 33.1 Å². The van der Waals surface area contributed by atoms with E-state index in [9.17, 15) is 26.7 Å². The van der Waals surface area contributed by atoms with Crippen LogP contribution >= 0.6 is 0 Å². The monoisotopic (exact) mass is 550 g/mol. The van der Waals surface area contributed by atoms with Crippen molar-refractivity contribution >= 4 is 23.2 Å². The number of nitrogens with one attached hydrogen (secondary N) is 1. The number of nitrogens with two attached hydrogens (primary N) is 1. The van der Waals surface area contributed by atoms with Crippen LogP contribution in [0.25, 0.3) is 17.2 Å². The molecule has 1 atom stereocenters. The molecule has 0 spiro atoms. The second-order valence-electron chi connectivity index (χ2n) is 9.66. The topological polar surface area (TPSA) is 163 Å². The maximum absolute atomic E-state index is 13.7. The van der Waals surface area contributed by atoms with Gasteiger partial charge in [-0.25, -0.2) is 24.5 Å². The average Bonchev–Trinajstić information content (AvgIpc) is 3.33. The fourth-order valence-electron chi connectivity index (χ4n) is 4.41. The van der Waals surface area contributed by atoms with E-state index < -0.39 is 36.3 Å². The van der Waals surface area contributed by atoms with Crippen LogP contribution < -0.4 is 11.1 Å². The number of aromatic nitrogens is 8. The van der Waals surface area contributed by atoms with Crippen molar-refractivity contribution in [3.8, 4) is 11.5 Å². The largest absolute Gasteiger partial charge is 0.453 e. The first-order chi connectivity index (χ1) is 18.3. The summed E-state index contributed by atoms with van der Waals surface area (Å²) < 4.78 is 72.5. The molecule has 0 bridgehead atoms. The molecule has 1 fully saturated rings. The van der Waals surface area contributed by atoms with Gasteiger partial charge in [-0.2, -0.15) is 27.1 Å². The standard InChI is InChI=1S/C22H19F5N10O2/c1-8-29-16-10(5-6-21(23,24)22(25,26)27)30-11(7-37(16)36-8)14-31-13(28)12-15(32-14)33-18(38)20(12,2)19-35-34-17(39-19)9-3-4-9/h7,9H,3-6H2,1-2H3,(H3,28,31,32,33,38). The fourth-order valence-corrected chi connectivity index (χ4v) is 4.41. The van der Waals surface area contributed by atoms with Crippen LogP contribution in [0.5, 0.6) is 0 Å². The summed E-state index contributed by atoms with van der Waals surface area (Å²) in [4.78, 5) is 30.0. The number of carbonyl (C=O) groups is 1. The highest BCUT2D eigenvalue weighted by Crippen LogP contribution is 2.46. The minimum atomic E-state index is -5.72. The van der Waals surface area contributed by atoms with Gasteiger partial charge in [0.15, 0.2) is 16.9 Å². The number of rotatable bonds is 6. The maximum Gasteiger partial charge on any atom is 0.453 e. The molecule has 1 aliphatic carbocycles. The van der Waals surface area contributed by atoms with Crippen molar-refractivity contribution in [1.29, 1.82) is 0 Å². The molecule has 5 heterocycles. The Labute approximate surface area is 215 Å². The predicted octanol–water partition coefficient (Wildman–Crippen LogP) is 3.12. The normalized spacial score (nSPS) is 19.5. The van der Waals surface area contributed by atoms with E-state index in [1.807, 2.05) is 0 Å². The van der Waals surface area contributed by atoms with E-state index in [1.165, 1.54) is 17.6 Å².